The Hall–Kier alpha value is -1.55. The van der Waals surface area contributed by atoms with Crippen LogP contribution in [0, 0.1) is 13.8 Å². The highest BCUT2D eigenvalue weighted by atomic mass is 16.5. The molecule has 4 nitrogen and oxygen atoms in total. The number of rotatable bonds is 4. The van der Waals surface area contributed by atoms with Gasteiger partial charge in [-0.15, -0.1) is 0 Å². The minimum atomic E-state index is -0.235. The number of nitrogens with one attached hydrogen (secondary N) is 1. The van der Waals surface area contributed by atoms with Gasteiger partial charge in [0.2, 0.25) is 5.91 Å². The molecule has 1 aromatic rings. The topological polar surface area (TPSA) is 64.3 Å². The molecule has 0 aromatic heterocycles. The second kappa shape index (κ2) is 5.21. The summed E-state index contributed by atoms with van der Waals surface area (Å²) in [6, 6.07) is 3.81. The lowest BCUT2D eigenvalue weighted by Crippen LogP contribution is -2.42. The molecule has 0 radical (unpaired) electrons. The van der Waals surface area contributed by atoms with Crippen molar-refractivity contribution < 1.29 is 9.53 Å². The van der Waals surface area contributed by atoms with Crippen molar-refractivity contribution >= 4 is 17.3 Å². The quantitative estimate of drug-likeness (QED) is 0.820. The molecule has 0 heterocycles. The van der Waals surface area contributed by atoms with Gasteiger partial charge < -0.3 is 15.8 Å². The number of carbonyl (C=O) groups excluding carboxylic acids is 1. The van der Waals surface area contributed by atoms with Crippen LogP contribution >= 0.6 is 0 Å². The Labute approximate surface area is 114 Å². The highest BCUT2D eigenvalue weighted by molar-refractivity contribution is 5.92. The molecule has 0 spiro atoms. The van der Waals surface area contributed by atoms with Gasteiger partial charge in [0.05, 0.1) is 12.0 Å². The van der Waals surface area contributed by atoms with E-state index in [4.69, 9.17) is 10.5 Å². The molecule has 1 aliphatic rings. The summed E-state index contributed by atoms with van der Waals surface area (Å²) in [5.41, 5.74) is 9.16. The van der Waals surface area contributed by atoms with Crippen LogP contribution in [0.2, 0.25) is 0 Å². The molecule has 1 fully saturated rings. The smallest absolute Gasteiger partial charge is 0.227 e. The average Bonchev–Trinajstić information content (AvgIpc) is 2.31. The third-order valence-corrected chi connectivity index (χ3v) is 4.07. The summed E-state index contributed by atoms with van der Waals surface area (Å²) < 4.78 is 5.47. The third-order valence-electron chi connectivity index (χ3n) is 4.07. The summed E-state index contributed by atoms with van der Waals surface area (Å²) in [7, 11) is 1.69. The van der Waals surface area contributed by atoms with Gasteiger partial charge in [0, 0.05) is 18.5 Å². The molecule has 1 amide bonds. The average molecular weight is 262 g/mol. The van der Waals surface area contributed by atoms with E-state index in [0.717, 1.165) is 41.8 Å². The van der Waals surface area contributed by atoms with Crippen molar-refractivity contribution in [2.75, 3.05) is 18.2 Å². The first-order chi connectivity index (χ1) is 8.96. The van der Waals surface area contributed by atoms with Gasteiger partial charge >= 0.3 is 0 Å². The van der Waals surface area contributed by atoms with E-state index >= 15 is 0 Å². The Kier molecular flexibility index (Phi) is 3.80. The molecule has 0 atom stereocenters. The molecule has 104 valence electrons. The minimum Gasteiger partial charge on any atom is -0.399 e. The van der Waals surface area contributed by atoms with E-state index in [9.17, 15) is 4.79 Å². The lowest BCUT2D eigenvalue weighted by Gasteiger charge is -2.39. The molecule has 0 unspecified atom stereocenters. The van der Waals surface area contributed by atoms with Crippen LogP contribution in [0.25, 0.3) is 0 Å². The molecule has 4 heteroatoms. The third kappa shape index (κ3) is 2.89. The van der Waals surface area contributed by atoms with Crippen LogP contribution < -0.4 is 11.1 Å². The van der Waals surface area contributed by atoms with E-state index in [1.807, 2.05) is 26.0 Å². The Morgan fingerprint density at radius 3 is 2.58 bits per heavy atom. The first-order valence-corrected chi connectivity index (χ1v) is 6.67. The first-order valence-electron chi connectivity index (χ1n) is 6.67. The summed E-state index contributed by atoms with van der Waals surface area (Å²) in [4.78, 5) is 12.1. The normalized spacial score (nSPS) is 16.8. The van der Waals surface area contributed by atoms with E-state index in [1.165, 1.54) is 0 Å². The van der Waals surface area contributed by atoms with Crippen LogP contribution in [0.4, 0.5) is 11.4 Å². The number of hydrogen-bond acceptors (Lipinski definition) is 3. The largest absolute Gasteiger partial charge is 0.399 e. The Balaban J connectivity index is 2.05. The monoisotopic (exact) mass is 262 g/mol. The molecule has 0 saturated heterocycles. The van der Waals surface area contributed by atoms with Crippen molar-refractivity contribution in [2.24, 2.45) is 0 Å². The summed E-state index contributed by atoms with van der Waals surface area (Å²) in [6.07, 6.45) is 3.50. The Morgan fingerprint density at radius 2 is 2.05 bits per heavy atom. The van der Waals surface area contributed by atoms with Gasteiger partial charge in [-0.3, -0.25) is 4.79 Å². The van der Waals surface area contributed by atoms with E-state index in [-0.39, 0.29) is 11.5 Å². The predicted octanol–water partition coefficient (Wildman–Crippen LogP) is 2.78. The number of aryl methyl sites for hydroxylation is 2. The number of amides is 1. The van der Waals surface area contributed by atoms with Crippen LogP contribution in [0.1, 0.15) is 36.8 Å². The zero-order valence-electron chi connectivity index (χ0n) is 11.9. The van der Waals surface area contributed by atoms with E-state index in [1.54, 1.807) is 7.11 Å². The molecule has 1 aliphatic carbocycles. The molecule has 2 rings (SSSR count). The van der Waals surface area contributed by atoms with Crippen LogP contribution in [0.3, 0.4) is 0 Å². The van der Waals surface area contributed by atoms with Crippen molar-refractivity contribution in [3.63, 3.8) is 0 Å². The second-order valence-corrected chi connectivity index (χ2v) is 5.49. The van der Waals surface area contributed by atoms with Crippen LogP contribution in [0.5, 0.6) is 0 Å². The van der Waals surface area contributed by atoms with E-state index in [2.05, 4.69) is 5.32 Å². The number of methoxy groups -OCH3 is 1. The lowest BCUT2D eigenvalue weighted by molar-refractivity contribution is -0.129. The maximum atomic E-state index is 12.1. The summed E-state index contributed by atoms with van der Waals surface area (Å²) >= 11 is 0. The SMILES string of the molecule is COC1(CC(=O)Nc2cc(C)c(N)cc2C)CCC1. The van der Waals surface area contributed by atoms with Gasteiger partial charge in [0.15, 0.2) is 0 Å². The van der Waals surface area contributed by atoms with Crippen molar-refractivity contribution in [3.05, 3.63) is 23.3 Å². The number of nitrogen functional groups attached to an aromatic ring is 1. The zero-order chi connectivity index (χ0) is 14.0. The lowest BCUT2D eigenvalue weighted by atomic mass is 9.77. The number of ether oxygens (including phenoxy) is 1. The Morgan fingerprint density at radius 1 is 1.37 bits per heavy atom. The molecule has 19 heavy (non-hydrogen) atoms. The first kappa shape index (κ1) is 13.9. The van der Waals surface area contributed by atoms with Crippen molar-refractivity contribution in [1.29, 1.82) is 0 Å². The Bertz CT molecular complexity index is 488. The number of benzene rings is 1. The maximum Gasteiger partial charge on any atom is 0.227 e. The molecule has 1 saturated carbocycles. The van der Waals surface area contributed by atoms with Gasteiger partial charge in [-0.1, -0.05) is 0 Å². The molecule has 0 bridgehead atoms. The second-order valence-electron chi connectivity index (χ2n) is 5.49. The van der Waals surface area contributed by atoms with Gasteiger partial charge in [0.25, 0.3) is 0 Å². The summed E-state index contributed by atoms with van der Waals surface area (Å²) in [5, 5.41) is 2.96. The van der Waals surface area contributed by atoms with Crippen LogP contribution in [-0.2, 0) is 9.53 Å². The molecular formula is C15H22N2O2. The maximum absolute atomic E-state index is 12.1. The van der Waals surface area contributed by atoms with E-state index < -0.39 is 0 Å². The van der Waals surface area contributed by atoms with Crippen molar-refractivity contribution in [1.82, 2.24) is 0 Å². The molecular weight excluding hydrogens is 240 g/mol. The highest BCUT2D eigenvalue weighted by Gasteiger charge is 2.39. The number of nitrogens with two attached hydrogens (primary N) is 1. The van der Waals surface area contributed by atoms with Crippen LogP contribution in [0.15, 0.2) is 12.1 Å². The fourth-order valence-corrected chi connectivity index (χ4v) is 2.48. The fourth-order valence-electron chi connectivity index (χ4n) is 2.48. The van der Waals surface area contributed by atoms with Gasteiger partial charge in [-0.2, -0.15) is 0 Å². The highest BCUT2D eigenvalue weighted by Crippen LogP contribution is 2.38. The minimum absolute atomic E-state index is 0.00817. The zero-order valence-corrected chi connectivity index (χ0v) is 11.9. The van der Waals surface area contributed by atoms with Crippen molar-refractivity contribution in [2.45, 2.75) is 45.1 Å². The van der Waals surface area contributed by atoms with Crippen LogP contribution in [-0.4, -0.2) is 18.6 Å². The van der Waals surface area contributed by atoms with E-state index in [0.29, 0.717) is 6.42 Å². The van der Waals surface area contributed by atoms with Crippen molar-refractivity contribution in [3.8, 4) is 0 Å². The summed E-state index contributed by atoms with van der Waals surface area (Å²) in [6.45, 7) is 3.88. The molecule has 3 N–H and O–H groups in total. The number of anilines is 2. The van der Waals surface area contributed by atoms with Gasteiger partial charge in [0.1, 0.15) is 0 Å². The standard InChI is InChI=1S/C15H22N2O2/c1-10-8-13(11(2)7-12(10)16)17-14(18)9-15(19-3)5-4-6-15/h7-8H,4-6,9,16H2,1-3H3,(H,17,18). The number of hydrogen-bond donors (Lipinski definition) is 2. The summed E-state index contributed by atoms with van der Waals surface area (Å²) in [5.74, 6) is 0.00817. The molecule has 1 aromatic carbocycles. The fraction of sp³-hybridized carbons (Fsp3) is 0.533. The molecule has 0 aliphatic heterocycles. The predicted molar refractivity (Wildman–Crippen MR) is 77.2 cm³/mol. The van der Waals surface area contributed by atoms with Gasteiger partial charge in [-0.05, 0) is 56.4 Å². The van der Waals surface area contributed by atoms with Gasteiger partial charge in [-0.25, -0.2) is 0 Å². The number of carbonyl (C=O) groups is 1.